The fourth-order valence-electron chi connectivity index (χ4n) is 2.23. The quantitative estimate of drug-likeness (QED) is 0.740. The second-order valence-electron chi connectivity index (χ2n) is 4.51. The lowest BCUT2D eigenvalue weighted by Crippen LogP contribution is -2.38. The number of rotatable bonds is 5. The van der Waals surface area contributed by atoms with Crippen molar-refractivity contribution >= 4 is 10.0 Å². The summed E-state index contributed by atoms with van der Waals surface area (Å²) in [5, 5.41) is 8.18. The van der Waals surface area contributed by atoms with E-state index in [9.17, 15) is 8.42 Å². The molecule has 0 aliphatic heterocycles. The van der Waals surface area contributed by atoms with Crippen molar-refractivity contribution in [1.82, 2.24) is 5.32 Å². The van der Waals surface area contributed by atoms with Crippen LogP contribution in [-0.4, -0.2) is 26.8 Å². The fourth-order valence-corrected chi connectivity index (χ4v) is 2.63. The molecule has 0 saturated heterocycles. The number of hydrogen-bond acceptors (Lipinski definition) is 3. The molecule has 0 bridgehead atoms. The second-order valence-corrected chi connectivity index (χ2v) is 6.24. The van der Waals surface area contributed by atoms with Gasteiger partial charge in [-0.3, -0.25) is 0 Å². The van der Waals surface area contributed by atoms with Gasteiger partial charge < -0.3 is 5.32 Å². The molecule has 3 N–H and O–H groups in total. The molecule has 1 atom stereocenters. The normalized spacial score (nSPS) is 21.5. The third kappa shape index (κ3) is 5.49. The summed E-state index contributed by atoms with van der Waals surface area (Å²) >= 11 is 0. The zero-order valence-electron chi connectivity index (χ0n) is 9.41. The first-order chi connectivity index (χ1) is 6.99. The average molecular weight is 234 g/mol. The van der Waals surface area contributed by atoms with Crippen molar-refractivity contribution < 1.29 is 8.42 Å². The maximum absolute atomic E-state index is 10.7. The predicted molar refractivity (Wildman–Crippen MR) is 62.0 cm³/mol. The van der Waals surface area contributed by atoms with Gasteiger partial charge >= 0.3 is 0 Å². The number of hydrogen-bond donors (Lipinski definition) is 2. The van der Waals surface area contributed by atoms with Gasteiger partial charge in [0.2, 0.25) is 10.0 Å². The van der Waals surface area contributed by atoms with Crippen molar-refractivity contribution in [1.29, 1.82) is 0 Å². The highest BCUT2D eigenvalue weighted by molar-refractivity contribution is 7.89. The summed E-state index contributed by atoms with van der Waals surface area (Å²) in [6, 6.07) is 0.409. The van der Waals surface area contributed by atoms with Gasteiger partial charge in [-0.15, -0.1) is 0 Å². The molecule has 5 heteroatoms. The van der Waals surface area contributed by atoms with Crippen LogP contribution < -0.4 is 10.5 Å². The Hall–Kier alpha value is -0.130. The SMILES string of the molecule is C[C@@H](NCCS(N)(=O)=O)C1CCCCC1. The van der Waals surface area contributed by atoms with Crippen LogP contribution in [-0.2, 0) is 10.0 Å². The number of primary sulfonamides is 1. The minimum atomic E-state index is -3.31. The summed E-state index contributed by atoms with van der Waals surface area (Å²) in [6.07, 6.45) is 6.51. The smallest absolute Gasteiger partial charge is 0.210 e. The largest absolute Gasteiger partial charge is 0.313 e. The van der Waals surface area contributed by atoms with Gasteiger partial charge in [0.1, 0.15) is 0 Å². The molecular formula is C10H22N2O2S. The maximum atomic E-state index is 10.7. The average Bonchev–Trinajstić information content (AvgIpc) is 2.17. The van der Waals surface area contributed by atoms with Crippen molar-refractivity contribution in [3.63, 3.8) is 0 Å². The summed E-state index contributed by atoms with van der Waals surface area (Å²) in [6.45, 7) is 2.61. The Labute approximate surface area is 92.7 Å². The molecule has 0 radical (unpaired) electrons. The summed E-state index contributed by atoms with van der Waals surface area (Å²) in [5.74, 6) is 0.739. The van der Waals surface area contributed by atoms with Gasteiger partial charge in [-0.05, 0) is 25.7 Å². The van der Waals surface area contributed by atoms with Gasteiger partial charge in [0.15, 0.2) is 0 Å². The molecule has 0 spiro atoms. The Morgan fingerprint density at radius 2 is 1.93 bits per heavy atom. The molecule has 1 aliphatic carbocycles. The van der Waals surface area contributed by atoms with E-state index in [1.54, 1.807) is 0 Å². The first-order valence-electron chi connectivity index (χ1n) is 5.73. The van der Waals surface area contributed by atoms with Crippen LogP contribution >= 0.6 is 0 Å². The van der Waals surface area contributed by atoms with E-state index in [0.717, 1.165) is 0 Å². The Morgan fingerprint density at radius 3 is 2.47 bits per heavy atom. The van der Waals surface area contributed by atoms with Crippen molar-refractivity contribution in [3.05, 3.63) is 0 Å². The fraction of sp³-hybridized carbons (Fsp3) is 1.00. The Morgan fingerprint density at radius 1 is 1.33 bits per heavy atom. The topological polar surface area (TPSA) is 72.2 Å². The van der Waals surface area contributed by atoms with Crippen molar-refractivity contribution in [2.24, 2.45) is 11.1 Å². The molecule has 15 heavy (non-hydrogen) atoms. The van der Waals surface area contributed by atoms with E-state index in [2.05, 4.69) is 12.2 Å². The molecular weight excluding hydrogens is 212 g/mol. The van der Waals surface area contributed by atoms with Gasteiger partial charge in [0.25, 0.3) is 0 Å². The summed E-state index contributed by atoms with van der Waals surface area (Å²) in [7, 11) is -3.31. The van der Waals surface area contributed by atoms with E-state index >= 15 is 0 Å². The summed E-state index contributed by atoms with van der Waals surface area (Å²) < 4.78 is 21.5. The Balaban J connectivity index is 2.20. The monoisotopic (exact) mass is 234 g/mol. The number of nitrogens with one attached hydrogen (secondary N) is 1. The van der Waals surface area contributed by atoms with E-state index in [1.165, 1.54) is 32.1 Å². The molecule has 0 aromatic carbocycles. The highest BCUT2D eigenvalue weighted by Crippen LogP contribution is 2.26. The minimum absolute atomic E-state index is 0.0318. The van der Waals surface area contributed by atoms with E-state index in [-0.39, 0.29) is 5.75 Å². The molecule has 4 nitrogen and oxygen atoms in total. The van der Waals surface area contributed by atoms with Crippen LogP contribution in [0.25, 0.3) is 0 Å². The van der Waals surface area contributed by atoms with E-state index in [1.807, 2.05) is 0 Å². The highest BCUT2D eigenvalue weighted by Gasteiger charge is 2.19. The molecule has 0 aromatic rings. The standard InChI is InChI=1S/C10H22N2O2S/c1-9(10-5-3-2-4-6-10)12-7-8-15(11,13)14/h9-10,12H,2-8H2,1H3,(H2,11,13,14)/t9-/m1/s1. The van der Waals surface area contributed by atoms with Crippen LogP contribution in [0.1, 0.15) is 39.0 Å². The molecule has 1 saturated carbocycles. The lowest BCUT2D eigenvalue weighted by atomic mass is 9.84. The van der Waals surface area contributed by atoms with Crippen LogP contribution in [0.4, 0.5) is 0 Å². The third-order valence-electron chi connectivity index (χ3n) is 3.21. The second kappa shape index (κ2) is 5.82. The molecule has 1 fully saturated rings. The van der Waals surface area contributed by atoms with Crippen LogP contribution in [0.2, 0.25) is 0 Å². The number of nitrogens with two attached hydrogens (primary N) is 1. The van der Waals surface area contributed by atoms with Gasteiger partial charge in [-0.1, -0.05) is 19.3 Å². The third-order valence-corrected chi connectivity index (χ3v) is 3.98. The first kappa shape index (κ1) is 12.9. The van der Waals surface area contributed by atoms with Crippen molar-refractivity contribution in [3.8, 4) is 0 Å². The zero-order valence-corrected chi connectivity index (χ0v) is 10.2. The zero-order chi connectivity index (χ0) is 11.3. The molecule has 1 aliphatic rings. The minimum Gasteiger partial charge on any atom is -0.313 e. The highest BCUT2D eigenvalue weighted by atomic mass is 32.2. The van der Waals surface area contributed by atoms with Gasteiger partial charge in [0.05, 0.1) is 5.75 Å². The van der Waals surface area contributed by atoms with Crippen LogP contribution in [0, 0.1) is 5.92 Å². The lowest BCUT2D eigenvalue weighted by Gasteiger charge is -2.28. The van der Waals surface area contributed by atoms with E-state index in [4.69, 9.17) is 5.14 Å². The predicted octanol–water partition coefficient (Wildman–Crippen LogP) is 0.833. The van der Waals surface area contributed by atoms with Gasteiger partial charge in [-0.25, -0.2) is 13.6 Å². The van der Waals surface area contributed by atoms with Crippen molar-refractivity contribution in [2.75, 3.05) is 12.3 Å². The maximum Gasteiger partial charge on any atom is 0.210 e. The Kier molecular flexibility index (Phi) is 5.02. The first-order valence-corrected chi connectivity index (χ1v) is 7.44. The van der Waals surface area contributed by atoms with Crippen molar-refractivity contribution in [2.45, 2.75) is 45.1 Å². The molecule has 1 rings (SSSR count). The lowest BCUT2D eigenvalue weighted by molar-refractivity contribution is 0.285. The molecule has 0 unspecified atom stereocenters. The number of sulfonamides is 1. The van der Waals surface area contributed by atoms with Crippen LogP contribution in [0.3, 0.4) is 0 Å². The van der Waals surface area contributed by atoms with Gasteiger partial charge in [-0.2, -0.15) is 0 Å². The Bertz CT molecular complexity index is 271. The van der Waals surface area contributed by atoms with E-state index < -0.39 is 10.0 Å². The van der Waals surface area contributed by atoms with Crippen LogP contribution in [0.15, 0.2) is 0 Å². The van der Waals surface area contributed by atoms with E-state index in [0.29, 0.717) is 18.5 Å². The van der Waals surface area contributed by atoms with Crippen LogP contribution in [0.5, 0.6) is 0 Å². The molecule has 0 heterocycles. The molecule has 90 valence electrons. The van der Waals surface area contributed by atoms with Gasteiger partial charge in [0, 0.05) is 12.6 Å². The molecule has 0 aromatic heterocycles. The molecule has 0 amide bonds. The summed E-state index contributed by atoms with van der Waals surface area (Å²) in [4.78, 5) is 0. The summed E-state index contributed by atoms with van der Waals surface area (Å²) in [5.41, 5.74) is 0.